The minimum atomic E-state index is -4.42. The first-order valence-corrected chi connectivity index (χ1v) is 14.8. The second kappa shape index (κ2) is 11.3. The number of benzene rings is 3. The minimum absolute atomic E-state index is 0.0474. The van der Waals surface area contributed by atoms with Crippen LogP contribution >= 0.6 is 11.6 Å². The quantitative estimate of drug-likeness (QED) is 0.259. The number of carbonyl (C=O) groups excluding carboxylic acids is 2. The van der Waals surface area contributed by atoms with Gasteiger partial charge in [0.1, 0.15) is 4.90 Å². The minimum Gasteiger partial charge on any atom is -0.545 e. The van der Waals surface area contributed by atoms with Gasteiger partial charge in [0.2, 0.25) is 15.9 Å². The first kappa shape index (κ1) is 29.7. The van der Waals surface area contributed by atoms with E-state index < -0.39 is 42.4 Å². The van der Waals surface area contributed by atoms with Crippen LogP contribution in [0.5, 0.6) is 0 Å². The third-order valence-corrected chi connectivity index (χ3v) is 9.32. The van der Waals surface area contributed by atoms with Crippen molar-refractivity contribution in [2.24, 2.45) is 0 Å². The van der Waals surface area contributed by atoms with Gasteiger partial charge >= 0.3 is 0 Å². The summed E-state index contributed by atoms with van der Waals surface area (Å²) in [6, 6.07) is 11.9. The molecule has 41 heavy (non-hydrogen) atoms. The van der Waals surface area contributed by atoms with Gasteiger partial charge in [-0.05, 0) is 58.8 Å². The second-order valence-electron chi connectivity index (χ2n) is 8.81. The van der Waals surface area contributed by atoms with Crippen LogP contribution in [0.15, 0.2) is 69.0 Å². The van der Waals surface area contributed by atoms with E-state index in [1.165, 1.54) is 74.6 Å². The van der Waals surface area contributed by atoms with Crippen LogP contribution in [-0.2, 0) is 24.8 Å². The highest BCUT2D eigenvalue weighted by molar-refractivity contribution is 7.92. The van der Waals surface area contributed by atoms with E-state index in [2.05, 4.69) is 20.4 Å². The second-order valence-corrected chi connectivity index (χ2v) is 13.0. The average Bonchev–Trinajstić information content (AvgIpc) is 3.38. The maximum atomic E-state index is 13.0. The Morgan fingerprint density at radius 2 is 1.59 bits per heavy atom. The Kier molecular flexibility index (Phi) is 8.21. The molecule has 1 aromatic heterocycles. The number of hydrogen-bond acceptors (Lipinski definition) is 11. The van der Waals surface area contributed by atoms with Crippen molar-refractivity contribution in [2.45, 2.75) is 9.79 Å². The summed E-state index contributed by atoms with van der Waals surface area (Å²) < 4.78 is 59.4. The number of nitrogens with one attached hydrogen (secondary N) is 2. The summed E-state index contributed by atoms with van der Waals surface area (Å²) in [6.07, 6.45) is 0. The molecular formula is C24H22ClN6O8S2-. The molecule has 0 unspecified atom stereocenters. The van der Waals surface area contributed by atoms with Gasteiger partial charge in [-0.2, -0.15) is 0 Å². The Hall–Kier alpha value is -4.25. The molecule has 2 N–H and O–H groups in total. The van der Waals surface area contributed by atoms with Crippen molar-refractivity contribution in [3.8, 4) is 0 Å². The summed E-state index contributed by atoms with van der Waals surface area (Å²) in [5.74, 6) is -2.57. The molecule has 0 spiro atoms. The van der Waals surface area contributed by atoms with E-state index in [1.54, 1.807) is 0 Å². The van der Waals surface area contributed by atoms with E-state index in [9.17, 15) is 31.5 Å². The molecule has 1 heterocycles. The number of carbonyl (C=O) groups is 2. The SMILES string of the molecule is CN(CC(=O)Nc1cccc(S(=O)(=O)Nc2ccc(Cl)cc2)c1C(=O)[O-])c1ccc(S(=O)(=O)N(C)C)c2nonc12. The van der Waals surface area contributed by atoms with Gasteiger partial charge in [-0.3, -0.25) is 9.52 Å². The van der Waals surface area contributed by atoms with Crippen LogP contribution in [0.2, 0.25) is 5.02 Å². The zero-order chi connectivity index (χ0) is 30.1. The predicted octanol–water partition coefficient (Wildman–Crippen LogP) is 1.37. The molecule has 0 aliphatic carbocycles. The van der Waals surface area contributed by atoms with Crippen LogP contribution in [0.1, 0.15) is 10.4 Å². The van der Waals surface area contributed by atoms with Crippen molar-refractivity contribution < 1.29 is 36.2 Å². The molecule has 0 saturated carbocycles. The normalized spacial score (nSPS) is 11.9. The summed E-state index contributed by atoms with van der Waals surface area (Å²) in [6.45, 7) is -0.381. The van der Waals surface area contributed by atoms with Crippen molar-refractivity contribution in [3.63, 3.8) is 0 Å². The number of amides is 1. The smallest absolute Gasteiger partial charge is 0.262 e. The van der Waals surface area contributed by atoms with E-state index >= 15 is 0 Å². The zero-order valence-electron chi connectivity index (χ0n) is 21.7. The lowest BCUT2D eigenvalue weighted by molar-refractivity contribution is -0.255. The topological polar surface area (TPSA) is 195 Å². The molecule has 17 heteroatoms. The highest BCUT2D eigenvalue weighted by Crippen LogP contribution is 2.30. The molecule has 0 atom stereocenters. The lowest BCUT2D eigenvalue weighted by Crippen LogP contribution is -2.32. The summed E-state index contributed by atoms with van der Waals surface area (Å²) in [5, 5.41) is 22.3. The third kappa shape index (κ3) is 6.09. The number of aromatic carboxylic acids is 1. The summed E-state index contributed by atoms with van der Waals surface area (Å²) in [4.78, 5) is 25.6. The molecule has 0 radical (unpaired) electrons. The van der Waals surface area contributed by atoms with Crippen molar-refractivity contribution in [1.82, 2.24) is 14.6 Å². The highest BCUT2D eigenvalue weighted by atomic mass is 35.5. The largest absolute Gasteiger partial charge is 0.545 e. The molecule has 1 amide bonds. The van der Waals surface area contributed by atoms with Crippen molar-refractivity contribution >= 4 is 71.6 Å². The Morgan fingerprint density at radius 3 is 2.22 bits per heavy atom. The molecule has 0 bridgehead atoms. The molecule has 0 fully saturated rings. The van der Waals surface area contributed by atoms with Crippen LogP contribution < -0.4 is 20.0 Å². The van der Waals surface area contributed by atoms with Gasteiger partial charge in [-0.15, -0.1) is 0 Å². The molecule has 216 valence electrons. The van der Waals surface area contributed by atoms with Gasteiger partial charge in [0.15, 0.2) is 11.0 Å². The predicted molar refractivity (Wildman–Crippen MR) is 148 cm³/mol. The molecule has 0 saturated heterocycles. The molecule has 14 nitrogen and oxygen atoms in total. The molecule has 0 aliphatic rings. The average molecular weight is 622 g/mol. The first-order chi connectivity index (χ1) is 19.2. The molecular weight excluding hydrogens is 600 g/mol. The van der Waals surface area contributed by atoms with E-state index in [0.29, 0.717) is 5.02 Å². The fraction of sp³-hybridized carbons (Fsp3) is 0.167. The number of aromatic nitrogens is 2. The standard InChI is InChI=1S/C24H23ClN6O8S2/c1-30(2)41(37,38)19-12-11-17(22-23(19)28-39-27-22)31(3)13-20(32)26-16-5-4-6-18(21(16)24(33)34)40(35,36)29-15-9-7-14(25)8-10-15/h4-12,29H,13H2,1-3H3,(H,26,32)(H,33,34)/p-1. The van der Waals surface area contributed by atoms with Crippen LogP contribution in [0, 0.1) is 0 Å². The van der Waals surface area contributed by atoms with E-state index in [-0.39, 0.29) is 39.5 Å². The number of halogens is 1. The van der Waals surface area contributed by atoms with Crippen LogP contribution in [0.4, 0.5) is 17.1 Å². The van der Waals surface area contributed by atoms with Crippen LogP contribution in [0.3, 0.4) is 0 Å². The zero-order valence-corrected chi connectivity index (χ0v) is 24.0. The Balaban J connectivity index is 1.60. The summed E-state index contributed by atoms with van der Waals surface area (Å²) >= 11 is 5.83. The molecule has 4 aromatic rings. The summed E-state index contributed by atoms with van der Waals surface area (Å²) in [7, 11) is -4.09. The van der Waals surface area contributed by atoms with Gasteiger partial charge in [-0.1, -0.05) is 17.7 Å². The monoisotopic (exact) mass is 621 g/mol. The lowest BCUT2D eigenvalue weighted by Gasteiger charge is -2.21. The number of fused-ring (bicyclic) bond motifs is 1. The Labute approximate surface area is 239 Å². The van der Waals surface area contributed by atoms with E-state index in [4.69, 9.17) is 16.2 Å². The highest BCUT2D eigenvalue weighted by Gasteiger charge is 2.26. The van der Waals surface area contributed by atoms with Gasteiger partial charge in [0.25, 0.3) is 10.0 Å². The Morgan fingerprint density at radius 1 is 0.927 bits per heavy atom. The van der Waals surface area contributed by atoms with Gasteiger partial charge in [-0.25, -0.2) is 25.8 Å². The van der Waals surface area contributed by atoms with Crippen molar-refractivity contribution in [2.75, 3.05) is 42.6 Å². The van der Waals surface area contributed by atoms with Gasteiger partial charge in [0, 0.05) is 37.4 Å². The van der Waals surface area contributed by atoms with E-state index in [1.807, 2.05) is 0 Å². The number of hydrogen-bond donors (Lipinski definition) is 2. The molecule has 4 rings (SSSR count). The maximum absolute atomic E-state index is 13.0. The maximum Gasteiger partial charge on any atom is 0.262 e. The number of nitrogens with zero attached hydrogens (tertiary/aromatic N) is 4. The number of carboxylic acid groups (broad SMARTS) is 1. The number of rotatable bonds is 10. The number of likely N-dealkylation sites (N-methyl/N-ethyl adjacent to an activating group) is 1. The molecule has 3 aromatic carbocycles. The van der Waals surface area contributed by atoms with Crippen molar-refractivity contribution in [3.05, 3.63) is 65.2 Å². The van der Waals surface area contributed by atoms with Crippen LogP contribution in [-0.4, -0.2) is 71.0 Å². The fourth-order valence-corrected chi connectivity index (χ4v) is 6.25. The number of carboxylic acids is 1. The van der Waals surface area contributed by atoms with E-state index in [0.717, 1.165) is 10.4 Å². The van der Waals surface area contributed by atoms with Gasteiger partial charge in [0.05, 0.1) is 28.8 Å². The summed E-state index contributed by atoms with van der Waals surface area (Å²) in [5.41, 5.74) is -0.631. The number of sulfonamides is 2. The van der Waals surface area contributed by atoms with Gasteiger partial charge < -0.3 is 20.1 Å². The fourth-order valence-electron chi connectivity index (χ4n) is 3.83. The Bertz CT molecular complexity index is 1860. The first-order valence-electron chi connectivity index (χ1n) is 11.5. The lowest BCUT2D eigenvalue weighted by atomic mass is 10.1. The third-order valence-electron chi connectivity index (χ3n) is 5.80. The van der Waals surface area contributed by atoms with Crippen LogP contribution in [0.25, 0.3) is 11.0 Å². The molecule has 0 aliphatic heterocycles. The number of anilines is 3. The van der Waals surface area contributed by atoms with Crippen molar-refractivity contribution in [1.29, 1.82) is 0 Å².